The summed E-state index contributed by atoms with van der Waals surface area (Å²) < 4.78 is 46.3. The number of ether oxygens (including phenoxy) is 1. The number of nitrogens with zero attached hydrogens (tertiary/aromatic N) is 1. The molecular weight excluding hydrogens is 361 g/mol. The zero-order valence-corrected chi connectivity index (χ0v) is 13.7. The van der Waals surface area contributed by atoms with E-state index in [0.29, 0.717) is 12.1 Å². The van der Waals surface area contributed by atoms with Gasteiger partial charge in [0.25, 0.3) is 11.8 Å². The van der Waals surface area contributed by atoms with Gasteiger partial charge in [-0.1, -0.05) is 30.3 Å². The quantitative estimate of drug-likeness (QED) is 0.657. The van der Waals surface area contributed by atoms with Gasteiger partial charge in [0.05, 0.1) is 0 Å². The predicted molar refractivity (Wildman–Crippen MR) is 90.9 cm³/mol. The minimum Gasteiger partial charge on any atom is -0.477 e. The third kappa shape index (κ3) is 3.75. The Kier molecular flexibility index (Phi) is 5.09. The molecule has 0 atom stereocenters. The summed E-state index contributed by atoms with van der Waals surface area (Å²) in [5.41, 5.74) is 6.57. The molecule has 138 valence electrons. The van der Waals surface area contributed by atoms with Gasteiger partial charge in [0, 0.05) is 6.54 Å². The van der Waals surface area contributed by atoms with Gasteiger partial charge in [-0.25, -0.2) is 9.18 Å². The second kappa shape index (κ2) is 7.46. The molecule has 0 unspecified atom stereocenters. The second-order valence-corrected chi connectivity index (χ2v) is 5.55. The summed E-state index contributed by atoms with van der Waals surface area (Å²) in [5, 5.41) is 8.86. The molecule has 5 nitrogen and oxygen atoms in total. The van der Waals surface area contributed by atoms with E-state index in [1.165, 1.54) is 12.1 Å². The van der Waals surface area contributed by atoms with Crippen LogP contribution in [-0.4, -0.2) is 16.1 Å². The molecule has 3 N–H and O–H groups in total. The van der Waals surface area contributed by atoms with Gasteiger partial charge in [0.15, 0.2) is 5.82 Å². The fourth-order valence-electron chi connectivity index (χ4n) is 2.48. The molecule has 27 heavy (non-hydrogen) atoms. The number of pyridine rings is 1. The largest absolute Gasteiger partial charge is 0.477 e. The monoisotopic (exact) mass is 374 g/mol. The van der Waals surface area contributed by atoms with E-state index in [1.54, 1.807) is 12.1 Å². The Morgan fingerprint density at radius 2 is 1.70 bits per heavy atom. The molecule has 0 saturated heterocycles. The van der Waals surface area contributed by atoms with E-state index < -0.39 is 35.0 Å². The zero-order chi connectivity index (χ0) is 19.6. The lowest BCUT2D eigenvalue weighted by atomic mass is 10.0. The van der Waals surface area contributed by atoms with Crippen molar-refractivity contribution in [2.45, 2.75) is 6.54 Å². The molecule has 0 saturated carbocycles. The van der Waals surface area contributed by atoms with Gasteiger partial charge in [-0.15, -0.1) is 0 Å². The molecule has 2 aromatic carbocycles. The number of halogens is 3. The maximum atomic E-state index is 14.2. The number of aromatic nitrogens is 1. The minimum atomic E-state index is -1.97. The number of hydrogen-bond acceptors (Lipinski definition) is 4. The Morgan fingerprint density at radius 1 is 1.04 bits per heavy atom. The zero-order valence-electron chi connectivity index (χ0n) is 13.7. The van der Waals surface area contributed by atoms with Crippen LogP contribution in [0.2, 0.25) is 0 Å². The van der Waals surface area contributed by atoms with E-state index in [2.05, 4.69) is 4.98 Å². The average Bonchev–Trinajstić information content (AvgIpc) is 2.66. The van der Waals surface area contributed by atoms with Crippen molar-refractivity contribution in [2.75, 3.05) is 0 Å². The Balaban J connectivity index is 1.99. The fourth-order valence-corrected chi connectivity index (χ4v) is 2.48. The van der Waals surface area contributed by atoms with Crippen molar-refractivity contribution in [1.29, 1.82) is 0 Å². The van der Waals surface area contributed by atoms with E-state index >= 15 is 0 Å². The number of rotatable bonds is 5. The first-order valence-electron chi connectivity index (χ1n) is 7.75. The van der Waals surface area contributed by atoms with Gasteiger partial charge < -0.3 is 15.6 Å². The van der Waals surface area contributed by atoms with Gasteiger partial charge >= 0.3 is 5.97 Å². The highest BCUT2D eigenvalue weighted by molar-refractivity contribution is 5.88. The summed E-state index contributed by atoms with van der Waals surface area (Å²) in [4.78, 5) is 14.0. The molecule has 3 aromatic rings. The van der Waals surface area contributed by atoms with Gasteiger partial charge in [-0.2, -0.15) is 13.8 Å². The number of carboxylic acid groups (broad SMARTS) is 1. The van der Waals surface area contributed by atoms with E-state index in [1.807, 2.05) is 24.3 Å². The molecule has 0 radical (unpaired) electrons. The standard InChI is InChI=1S/C19H13F3N2O3/c20-15-14(19(25)26)16(21)18(24-17(15)22)27-13-6-2-5-12(8-13)11-4-1-3-10(7-11)9-23/h1-8H,9,23H2,(H,25,26). The van der Waals surface area contributed by atoms with Crippen molar-refractivity contribution in [3.63, 3.8) is 0 Å². The molecule has 0 amide bonds. The van der Waals surface area contributed by atoms with Crippen molar-refractivity contribution >= 4 is 5.97 Å². The highest BCUT2D eigenvalue weighted by Crippen LogP contribution is 2.30. The summed E-state index contributed by atoms with van der Waals surface area (Å²) in [6.07, 6.45) is 0. The maximum Gasteiger partial charge on any atom is 0.342 e. The minimum absolute atomic E-state index is 0.0689. The smallest absolute Gasteiger partial charge is 0.342 e. The van der Waals surface area contributed by atoms with Gasteiger partial charge in [0.1, 0.15) is 11.3 Å². The summed E-state index contributed by atoms with van der Waals surface area (Å²) in [6, 6.07) is 13.7. The lowest BCUT2D eigenvalue weighted by molar-refractivity contribution is 0.0683. The summed E-state index contributed by atoms with van der Waals surface area (Å²) in [5.74, 6) is -8.13. The van der Waals surface area contributed by atoms with Crippen LogP contribution >= 0.6 is 0 Å². The van der Waals surface area contributed by atoms with E-state index in [-0.39, 0.29) is 5.75 Å². The van der Waals surface area contributed by atoms with Crippen LogP contribution in [-0.2, 0) is 6.54 Å². The lowest BCUT2D eigenvalue weighted by Crippen LogP contribution is -2.10. The Hall–Kier alpha value is -3.39. The van der Waals surface area contributed by atoms with E-state index in [4.69, 9.17) is 15.6 Å². The first-order valence-corrected chi connectivity index (χ1v) is 7.75. The first-order chi connectivity index (χ1) is 12.9. The lowest BCUT2D eigenvalue weighted by Gasteiger charge is -2.10. The Morgan fingerprint density at radius 3 is 2.37 bits per heavy atom. The molecule has 0 bridgehead atoms. The molecule has 8 heteroatoms. The van der Waals surface area contributed by atoms with Crippen molar-refractivity contribution in [2.24, 2.45) is 5.73 Å². The summed E-state index contributed by atoms with van der Waals surface area (Å²) in [7, 11) is 0. The molecule has 0 fully saturated rings. The first kappa shape index (κ1) is 18.4. The van der Waals surface area contributed by atoms with E-state index in [9.17, 15) is 18.0 Å². The number of nitrogens with two attached hydrogens (primary N) is 1. The number of hydrogen-bond donors (Lipinski definition) is 2. The van der Waals surface area contributed by atoms with Crippen molar-refractivity contribution in [3.8, 4) is 22.8 Å². The van der Waals surface area contributed by atoms with E-state index in [0.717, 1.165) is 11.1 Å². The van der Waals surface area contributed by atoms with Crippen LogP contribution in [0.15, 0.2) is 48.5 Å². The van der Waals surface area contributed by atoms with Crippen LogP contribution in [0.5, 0.6) is 11.6 Å². The molecule has 0 aliphatic rings. The Bertz CT molecular complexity index is 1030. The average molecular weight is 374 g/mol. The molecule has 1 aromatic heterocycles. The van der Waals surface area contributed by atoms with Crippen molar-refractivity contribution < 1.29 is 27.8 Å². The summed E-state index contributed by atoms with van der Waals surface area (Å²) >= 11 is 0. The molecule has 0 aliphatic carbocycles. The predicted octanol–water partition coefficient (Wildman–Crippen LogP) is 4.12. The number of carboxylic acids is 1. The molecular formula is C19H13F3N2O3. The number of aromatic carboxylic acids is 1. The van der Waals surface area contributed by atoms with Crippen LogP contribution in [0.4, 0.5) is 13.2 Å². The SMILES string of the molecule is NCc1cccc(-c2cccc(Oc3nc(F)c(F)c(C(=O)O)c3F)c2)c1. The normalized spacial score (nSPS) is 10.7. The fraction of sp³-hybridized carbons (Fsp3) is 0.0526. The van der Waals surface area contributed by atoms with Crippen LogP contribution in [0.3, 0.4) is 0 Å². The van der Waals surface area contributed by atoms with Gasteiger partial charge in [0.2, 0.25) is 5.82 Å². The molecule has 0 aliphatic heterocycles. The Labute approximate surface area is 151 Å². The van der Waals surface area contributed by atoms with Gasteiger partial charge in [-0.3, -0.25) is 0 Å². The topological polar surface area (TPSA) is 85.4 Å². The highest BCUT2D eigenvalue weighted by atomic mass is 19.2. The molecule has 0 spiro atoms. The van der Waals surface area contributed by atoms with Crippen LogP contribution in [0, 0.1) is 17.6 Å². The maximum absolute atomic E-state index is 14.2. The van der Waals surface area contributed by atoms with Crippen molar-refractivity contribution in [3.05, 3.63) is 77.2 Å². The molecule has 1 heterocycles. The second-order valence-electron chi connectivity index (χ2n) is 5.55. The highest BCUT2D eigenvalue weighted by Gasteiger charge is 2.26. The molecule has 3 rings (SSSR count). The number of benzene rings is 2. The van der Waals surface area contributed by atoms with Gasteiger partial charge in [-0.05, 0) is 34.9 Å². The van der Waals surface area contributed by atoms with Crippen LogP contribution < -0.4 is 10.5 Å². The third-order valence-electron chi connectivity index (χ3n) is 3.77. The summed E-state index contributed by atoms with van der Waals surface area (Å²) in [6.45, 7) is 0.353. The van der Waals surface area contributed by atoms with Crippen molar-refractivity contribution in [1.82, 2.24) is 4.98 Å². The van der Waals surface area contributed by atoms with Crippen LogP contribution in [0.25, 0.3) is 11.1 Å². The van der Waals surface area contributed by atoms with Crippen LogP contribution in [0.1, 0.15) is 15.9 Å². The third-order valence-corrected chi connectivity index (χ3v) is 3.77. The number of carbonyl (C=O) groups is 1.